The minimum absolute atomic E-state index is 0.468. The summed E-state index contributed by atoms with van der Waals surface area (Å²) >= 11 is 3.47. The van der Waals surface area contributed by atoms with Gasteiger partial charge in [0, 0.05) is 21.8 Å². The third-order valence-corrected chi connectivity index (χ3v) is 2.95. The van der Waals surface area contributed by atoms with Gasteiger partial charge in [-0.3, -0.25) is 0 Å². The number of halogens is 1. The summed E-state index contributed by atoms with van der Waals surface area (Å²) in [6, 6.07) is 7.37. The molecular weight excluding hydrogens is 282 g/mol. The predicted molar refractivity (Wildman–Crippen MR) is 70.9 cm³/mol. The highest BCUT2D eigenvalue weighted by Crippen LogP contribution is 2.29. The first-order valence-corrected chi connectivity index (χ1v) is 5.84. The highest BCUT2D eigenvalue weighted by atomic mass is 79.9. The van der Waals surface area contributed by atoms with Crippen molar-refractivity contribution < 1.29 is 4.74 Å². The Morgan fingerprint density at radius 3 is 2.59 bits per heavy atom. The Morgan fingerprint density at radius 1 is 1.24 bits per heavy atom. The standard InChI is InChI=1S/C12H12BrN3O/c1-7-5-11(14)16-12(15-7)9-4-3-8(17-2)6-10(9)13/h3-6H,1-2H3,(H2,14,15,16). The number of nitrogens with zero attached hydrogens (tertiary/aromatic N) is 2. The molecule has 0 bridgehead atoms. The summed E-state index contributed by atoms with van der Waals surface area (Å²) < 4.78 is 6.01. The first-order valence-electron chi connectivity index (χ1n) is 5.05. The Hall–Kier alpha value is -1.62. The fourth-order valence-electron chi connectivity index (χ4n) is 1.52. The third kappa shape index (κ3) is 2.55. The Morgan fingerprint density at radius 2 is 2.00 bits per heavy atom. The molecule has 2 aromatic rings. The molecule has 0 atom stereocenters. The van der Waals surface area contributed by atoms with Crippen LogP contribution in [0.5, 0.6) is 5.75 Å². The molecule has 0 spiro atoms. The highest BCUT2D eigenvalue weighted by molar-refractivity contribution is 9.10. The first-order chi connectivity index (χ1) is 8.10. The largest absolute Gasteiger partial charge is 0.497 e. The topological polar surface area (TPSA) is 61.0 Å². The van der Waals surface area contributed by atoms with E-state index in [4.69, 9.17) is 10.5 Å². The third-order valence-electron chi connectivity index (χ3n) is 2.29. The molecule has 0 saturated carbocycles. The van der Waals surface area contributed by atoms with Crippen LogP contribution < -0.4 is 10.5 Å². The van der Waals surface area contributed by atoms with Crippen LogP contribution in [0.2, 0.25) is 0 Å². The van der Waals surface area contributed by atoms with E-state index in [9.17, 15) is 0 Å². The van der Waals surface area contributed by atoms with Crippen LogP contribution in [0.1, 0.15) is 5.69 Å². The molecule has 0 aliphatic heterocycles. The summed E-state index contributed by atoms with van der Waals surface area (Å²) in [5.74, 6) is 1.86. The average Bonchev–Trinajstić information content (AvgIpc) is 2.27. The lowest BCUT2D eigenvalue weighted by Crippen LogP contribution is -1.98. The summed E-state index contributed by atoms with van der Waals surface area (Å²) in [5, 5.41) is 0. The van der Waals surface area contributed by atoms with E-state index in [1.54, 1.807) is 13.2 Å². The molecule has 0 aliphatic rings. The smallest absolute Gasteiger partial charge is 0.162 e. The molecule has 1 aromatic heterocycles. The maximum absolute atomic E-state index is 5.71. The zero-order valence-corrected chi connectivity index (χ0v) is 11.2. The van der Waals surface area contributed by atoms with Crippen LogP contribution in [-0.2, 0) is 0 Å². The second-order valence-electron chi connectivity index (χ2n) is 3.60. The van der Waals surface area contributed by atoms with E-state index in [0.717, 1.165) is 21.5 Å². The van der Waals surface area contributed by atoms with Crippen LogP contribution in [0.4, 0.5) is 5.82 Å². The number of ether oxygens (including phenoxy) is 1. The van der Waals surface area contributed by atoms with Crippen LogP contribution in [-0.4, -0.2) is 17.1 Å². The molecule has 0 saturated heterocycles. The number of rotatable bonds is 2. The van der Waals surface area contributed by atoms with Gasteiger partial charge in [0.2, 0.25) is 0 Å². The quantitative estimate of drug-likeness (QED) is 0.925. The van der Waals surface area contributed by atoms with Gasteiger partial charge < -0.3 is 10.5 Å². The van der Waals surface area contributed by atoms with Gasteiger partial charge in [-0.25, -0.2) is 9.97 Å². The van der Waals surface area contributed by atoms with E-state index < -0.39 is 0 Å². The van der Waals surface area contributed by atoms with Crippen molar-refractivity contribution in [3.63, 3.8) is 0 Å². The van der Waals surface area contributed by atoms with Crippen molar-refractivity contribution in [2.45, 2.75) is 6.92 Å². The van der Waals surface area contributed by atoms with Crippen molar-refractivity contribution in [2.75, 3.05) is 12.8 Å². The lowest BCUT2D eigenvalue weighted by atomic mass is 10.2. The summed E-state index contributed by atoms with van der Waals surface area (Å²) in [6.45, 7) is 1.89. The van der Waals surface area contributed by atoms with Gasteiger partial charge in [-0.1, -0.05) is 0 Å². The number of aryl methyl sites for hydroxylation is 1. The normalized spacial score (nSPS) is 10.3. The van der Waals surface area contributed by atoms with Crippen LogP contribution in [0.15, 0.2) is 28.7 Å². The Bertz CT molecular complexity index is 537. The fourth-order valence-corrected chi connectivity index (χ4v) is 2.05. The Balaban J connectivity index is 2.52. The van der Waals surface area contributed by atoms with Gasteiger partial charge in [0.1, 0.15) is 11.6 Å². The molecule has 0 unspecified atom stereocenters. The molecule has 4 nitrogen and oxygen atoms in total. The zero-order chi connectivity index (χ0) is 12.4. The fraction of sp³-hybridized carbons (Fsp3) is 0.167. The Labute approximate surface area is 108 Å². The lowest BCUT2D eigenvalue weighted by molar-refractivity contribution is 0.414. The summed E-state index contributed by atoms with van der Waals surface area (Å²) in [6.07, 6.45) is 0. The van der Waals surface area contributed by atoms with E-state index in [1.165, 1.54) is 0 Å². The molecule has 0 radical (unpaired) electrons. The second kappa shape index (κ2) is 4.71. The van der Waals surface area contributed by atoms with Crippen LogP contribution in [0.3, 0.4) is 0 Å². The number of methoxy groups -OCH3 is 1. The van der Waals surface area contributed by atoms with Crippen LogP contribution >= 0.6 is 15.9 Å². The molecule has 2 rings (SSSR count). The Kier molecular flexibility index (Phi) is 3.28. The van der Waals surface area contributed by atoms with Crippen molar-refractivity contribution >= 4 is 21.7 Å². The van der Waals surface area contributed by atoms with Gasteiger partial charge in [0.15, 0.2) is 5.82 Å². The SMILES string of the molecule is COc1ccc(-c2nc(C)cc(N)n2)c(Br)c1. The summed E-state index contributed by atoms with van der Waals surface area (Å²) in [4.78, 5) is 8.58. The molecule has 0 fully saturated rings. The van der Waals surface area contributed by atoms with Gasteiger partial charge in [-0.2, -0.15) is 0 Å². The number of hydrogen-bond acceptors (Lipinski definition) is 4. The molecule has 17 heavy (non-hydrogen) atoms. The lowest BCUT2D eigenvalue weighted by Gasteiger charge is -2.07. The molecule has 2 N–H and O–H groups in total. The molecule has 0 amide bonds. The second-order valence-corrected chi connectivity index (χ2v) is 4.46. The van der Waals surface area contributed by atoms with Crippen molar-refractivity contribution in [2.24, 2.45) is 0 Å². The monoisotopic (exact) mass is 293 g/mol. The van der Waals surface area contributed by atoms with Crippen molar-refractivity contribution in [1.29, 1.82) is 0 Å². The van der Waals surface area contributed by atoms with Gasteiger partial charge in [-0.15, -0.1) is 0 Å². The number of nitrogen functional groups attached to an aromatic ring is 1. The number of anilines is 1. The first kappa shape index (κ1) is 11.9. The molecular formula is C12H12BrN3O. The minimum atomic E-state index is 0.468. The van der Waals surface area contributed by atoms with Gasteiger partial charge in [-0.05, 0) is 41.1 Å². The number of nitrogens with two attached hydrogens (primary N) is 1. The van der Waals surface area contributed by atoms with Gasteiger partial charge >= 0.3 is 0 Å². The van der Waals surface area contributed by atoms with E-state index in [2.05, 4.69) is 25.9 Å². The number of aromatic nitrogens is 2. The number of hydrogen-bond donors (Lipinski definition) is 1. The minimum Gasteiger partial charge on any atom is -0.497 e. The molecule has 88 valence electrons. The maximum atomic E-state index is 5.71. The maximum Gasteiger partial charge on any atom is 0.162 e. The molecule has 0 aliphatic carbocycles. The van der Waals surface area contributed by atoms with Crippen molar-refractivity contribution in [3.05, 3.63) is 34.4 Å². The summed E-state index contributed by atoms with van der Waals surface area (Å²) in [5.41, 5.74) is 7.44. The van der Waals surface area contributed by atoms with E-state index in [1.807, 2.05) is 25.1 Å². The van der Waals surface area contributed by atoms with Gasteiger partial charge in [0.05, 0.1) is 7.11 Å². The number of benzene rings is 1. The van der Waals surface area contributed by atoms with E-state index >= 15 is 0 Å². The van der Waals surface area contributed by atoms with Gasteiger partial charge in [0.25, 0.3) is 0 Å². The molecule has 1 aromatic carbocycles. The average molecular weight is 294 g/mol. The van der Waals surface area contributed by atoms with Crippen molar-refractivity contribution in [1.82, 2.24) is 9.97 Å². The molecule has 1 heterocycles. The van der Waals surface area contributed by atoms with Crippen LogP contribution in [0, 0.1) is 6.92 Å². The van der Waals surface area contributed by atoms with E-state index in [0.29, 0.717) is 11.6 Å². The predicted octanol–water partition coefficient (Wildman–Crippen LogP) is 2.81. The van der Waals surface area contributed by atoms with Crippen LogP contribution in [0.25, 0.3) is 11.4 Å². The molecule has 5 heteroatoms. The zero-order valence-electron chi connectivity index (χ0n) is 9.57. The summed E-state index contributed by atoms with van der Waals surface area (Å²) in [7, 11) is 1.63. The van der Waals surface area contributed by atoms with E-state index in [-0.39, 0.29) is 0 Å². The highest BCUT2D eigenvalue weighted by Gasteiger charge is 2.08. The van der Waals surface area contributed by atoms with Crippen molar-refractivity contribution in [3.8, 4) is 17.1 Å².